The molecule has 0 bridgehead atoms. The number of amides is 1. The standard InChI is InChI=1S/C16H22N2O3S/c1-12(16(19)17-15-7-9-22(20,21)11-15)18-8-6-13-4-2-3-5-14(13)10-18/h2-5,12,15H,6-11H2,1H3,(H,17,19)/t12-,15-/m0/s1. The van der Waals surface area contributed by atoms with Gasteiger partial charge in [-0.15, -0.1) is 0 Å². The molecule has 0 spiro atoms. The predicted octanol–water partition coefficient (Wildman–Crippen LogP) is 0.737. The molecule has 6 heteroatoms. The summed E-state index contributed by atoms with van der Waals surface area (Å²) >= 11 is 0. The molecule has 1 N–H and O–H groups in total. The Kier molecular flexibility index (Phi) is 4.23. The fourth-order valence-corrected chi connectivity index (χ4v) is 4.92. The van der Waals surface area contributed by atoms with Crippen molar-refractivity contribution in [3.05, 3.63) is 35.4 Å². The average molecular weight is 322 g/mol. The van der Waals surface area contributed by atoms with Crippen LogP contribution < -0.4 is 5.32 Å². The molecule has 1 aromatic rings. The first-order valence-electron chi connectivity index (χ1n) is 7.76. The smallest absolute Gasteiger partial charge is 0.237 e. The Morgan fingerprint density at radius 2 is 2.05 bits per heavy atom. The Morgan fingerprint density at radius 3 is 2.73 bits per heavy atom. The lowest BCUT2D eigenvalue weighted by molar-refractivity contribution is -0.126. The zero-order valence-corrected chi connectivity index (χ0v) is 13.6. The number of rotatable bonds is 3. The van der Waals surface area contributed by atoms with Gasteiger partial charge >= 0.3 is 0 Å². The van der Waals surface area contributed by atoms with E-state index in [4.69, 9.17) is 0 Å². The minimum atomic E-state index is -2.96. The van der Waals surface area contributed by atoms with E-state index in [9.17, 15) is 13.2 Å². The second kappa shape index (κ2) is 6.01. The molecule has 2 aliphatic rings. The normalized spacial score (nSPS) is 25.4. The molecule has 22 heavy (non-hydrogen) atoms. The van der Waals surface area contributed by atoms with Crippen molar-refractivity contribution in [3.8, 4) is 0 Å². The molecule has 0 radical (unpaired) electrons. The van der Waals surface area contributed by atoms with Gasteiger partial charge in [-0.25, -0.2) is 8.42 Å². The van der Waals surface area contributed by atoms with E-state index in [-0.39, 0.29) is 29.5 Å². The van der Waals surface area contributed by atoms with E-state index in [1.807, 2.05) is 19.1 Å². The van der Waals surface area contributed by atoms with E-state index in [2.05, 4.69) is 22.3 Å². The van der Waals surface area contributed by atoms with Crippen LogP contribution in [0.2, 0.25) is 0 Å². The van der Waals surface area contributed by atoms with Gasteiger partial charge < -0.3 is 5.32 Å². The second-order valence-electron chi connectivity index (χ2n) is 6.27. The van der Waals surface area contributed by atoms with Crippen LogP contribution in [0.4, 0.5) is 0 Å². The molecule has 1 amide bonds. The largest absolute Gasteiger partial charge is 0.351 e. The lowest BCUT2D eigenvalue weighted by Crippen LogP contribution is -2.49. The number of hydrogen-bond acceptors (Lipinski definition) is 4. The van der Waals surface area contributed by atoms with Crippen molar-refractivity contribution in [1.82, 2.24) is 10.2 Å². The number of sulfone groups is 1. The fraction of sp³-hybridized carbons (Fsp3) is 0.562. The Labute approximate surface area is 131 Å². The van der Waals surface area contributed by atoms with Crippen molar-refractivity contribution < 1.29 is 13.2 Å². The molecule has 0 aliphatic carbocycles. The maximum absolute atomic E-state index is 12.4. The lowest BCUT2D eigenvalue weighted by atomic mass is 9.98. The fourth-order valence-electron chi connectivity index (χ4n) is 3.24. The highest BCUT2D eigenvalue weighted by Crippen LogP contribution is 2.20. The van der Waals surface area contributed by atoms with Crippen LogP contribution >= 0.6 is 0 Å². The first kappa shape index (κ1) is 15.5. The van der Waals surface area contributed by atoms with Crippen LogP contribution in [-0.2, 0) is 27.6 Å². The van der Waals surface area contributed by atoms with Crippen LogP contribution in [0.15, 0.2) is 24.3 Å². The first-order chi connectivity index (χ1) is 10.4. The molecule has 0 unspecified atom stereocenters. The third kappa shape index (κ3) is 3.33. The molecule has 1 aromatic carbocycles. The third-order valence-electron chi connectivity index (χ3n) is 4.67. The van der Waals surface area contributed by atoms with Crippen LogP contribution in [0.1, 0.15) is 24.5 Å². The summed E-state index contributed by atoms with van der Waals surface area (Å²) in [4.78, 5) is 14.5. The van der Waals surface area contributed by atoms with E-state index in [0.29, 0.717) is 6.42 Å². The number of carbonyl (C=O) groups excluding carboxylic acids is 1. The maximum Gasteiger partial charge on any atom is 0.237 e. The summed E-state index contributed by atoms with van der Waals surface area (Å²) in [5.41, 5.74) is 2.63. The first-order valence-corrected chi connectivity index (χ1v) is 9.58. The summed E-state index contributed by atoms with van der Waals surface area (Å²) in [6.07, 6.45) is 1.48. The zero-order chi connectivity index (χ0) is 15.7. The molecule has 2 heterocycles. The van der Waals surface area contributed by atoms with Gasteiger partial charge in [0.05, 0.1) is 17.5 Å². The van der Waals surface area contributed by atoms with Gasteiger partial charge in [0, 0.05) is 19.1 Å². The van der Waals surface area contributed by atoms with Gasteiger partial charge in [0.2, 0.25) is 5.91 Å². The van der Waals surface area contributed by atoms with E-state index < -0.39 is 9.84 Å². The molecular weight excluding hydrogens is 300 g/mol. The van der Waals surface area contributed by atoms with E-state index in [0.717, 1.165) is 19.5 Å². The van der Waals surface area contributed by atoms with Crippen LogP contribution in [0.25, 0.3) is 0 Å². The Balaban J connectivity index is 1.60. The molecule has 0 aromatic heterocycles. The average Bonchev–Trinajstić information content (AvgIpc) is 2.84. The molecule has 2 atom stereocenters. The monoisotopic (exact) mass is 322 g/mol. The van der Waals surface area contributed by atoms with Crippen LogP contribution in [0.3, 0.4) is 0 Å². The van der Waals surface area contributed by atoms with E-state index in [1.165, 1.54) is 11.1 Å². The molecular formula is C16H22N2O3S. The van der Waals surface area contributed by atoms with Crippen LogP contribution in [-0.4, -0.2) is 49.4 Å². The van der Waals surface area contributed by atoms with Crippen molar-refractivity contribution in [2.45, 2.75) is 38.4 Å². The highest BCUT2D eigenvalue weighted by molar-refractivity contribution is 7.91. The Bertz CT molecular complexity index is 672. The van der Waals surface area contributed by atoms with Gasteiger partial charge in [-0.3, -0.25) is 9.69 Å². The molecule has 5 nitrogen and oxygen atoms in total. The molecule has 1 fully saturated rings. The number of fused-ring (bicyclic) bond motifs is 1. The summed E-state index contributed by atoms with van der Waals surface area (Å²) in [7, 11) is -2.96. The Hall–Kier alpha value is -1.40. The predicted molar refractivity (Wildman–Crippen MR) is 85.2 cm³/mol. The molecule has 0 saturated carbocycles. The third-order valence-corrected chi connectivity index (χ3v) is 6.43. The van der Waals surface area contributed by atoms with Gasteiger partial charge in [-0.2, -0.15) is 0 Å². The summed E-state index contributed by atoms with van der Waals surface area (Å²) in [5, 5.41) is 2.90. The van der Waals surface area contributed by atoms with Crippen molar-refractivity contribution in [2.75, 3.05) is 18.1 Å². The van der Waals surface area contributed by atoms with Crippen LogP contribution in [0, 0.1) is 0 Å². The SMILES string of the molecule is C[C@@H](C(=O)N[C@H]1CCS(=O)(=O)C1)N1CCc2ccccc2C1. The van der Waals surface area contributed by atoms with Crippen molar-refractivity contribution in [1.29, 1.82) is 0 Å². The number of benzene rings is 1. The lowest BCUT2D eigenvalue weighted by Gasteiger charge is -2.33. The second-order valence-corrected chi connectivity index (χ2v) is 8.50. The summed E-state index contributed by atoms with van der Waals surface area (Å²) in [6, 6.07) is 7.85. The number of nitrogens with one attached hydrogen (secondary N) is 1. The van der Waals surface area contributed by atoms with Gasteiger partial charge in [-0.05, 0) is 30.9 Å². The Morgan fingerprint density at radius 1 is 1.32 bits per heavy atom. The number of carbonyl (C=O) groups is 1. The molecule has 2 aliphatic heterocycles. The van der Waals surface area contributed by atoms with Gasteiger partial charge in [0.15, 0.2) is 9.84 Å². The summed E-state index contributed by atoms with van der Waals surface area (Å²) in [5.74, 6) is 0.194. The minimum absolute atomic E-state index is 0.0681. The van der Waals surface area contributed by atoms with Crippen molar-refractivity contribution >= 4 is 15.7 Å². The van der Waals surface area contributed by atoms with Gasteiger partial charge in [0.1, 0.15) is 0 Å². The number of hydrogen-bond donors (Lipinski definition) is 1. The van der Waals surface area contributed by atoms with Crippen molar-refractivity contribution in [3.63, 3.8) is 0 Å². The van der Waals surface area contributed by atoms with E-state index in [1.54, 1.807) is 0 Å². The van der Waals surface area contributed by atoms with Crippen molar-refractivity contribution in [2.24, 2.45) is 0 Å². The number of nitrogens with zero attached hydrogens (tertiary/aromatic N) is 1. The van der Waals surface area contributed by atoms with Gasteiger partial charge in [-0.1, -0.05) is 24.3 Å². The topological polar surface area (TPSA) is 66.5 Å². The summed E-state index contributed by atoms with van der Waals surface area (Å²) < 4.78 is 22.9. The molecule has 3 rings (SSSR count). The van der Waals surface area contributed by atoms with Crippen LogP contribution in [0.5, 0.6) is 0 Å². The highest BCUT2D eigenvalue weighted by atomic mass is 32.2. The maximum atomic E-state index is 12.4. The van der Waals surface area contributed by atoms with Gasteiger partial charge in [0.25, 0.3) is 0 Å². The summed E-state index contributed by atoms with van der Waals surface area (Å²) in [6.45, 7) is 3.52. The highest BCUT2D eigenvalue weighted by Gasteiger charge is 2.31. The zero-order valence-electron chi connectivity index (χ0n) is 12.8. The molecule has 1 saturated heterocycles. The molecule has 120 valence electrons. The van der Waals surface area contributed by atoms with E-state index >= 15 is 0 Å². The quantitative estimate of drug-likeness (QED) is 0.891. The minimum Gasteiger partial charge on any atom is -0.351 e.